The molecule has 0 N–H and O–H groups in total. The van der Waals surface area contributed by atoms with Crippen LogP contribution in [0.15, 0.2) is 9.59 Å². The lowest BCUT2D eigenvalue weighted by Gasteiger charge is -2.27. The third-order valence-electron chi connectivity index (χ3n) is 6.50. The van der Waals surface area contributed by atoms with Crippen LogP contribution < -0.4 is 16.1 Å². The number of hydrogen-bond donors (Lipinski definition) is 0. The molecule has 1 aliphatic heterocycles. The highest BCUT2D eigenvalue weighted by Crippen LogP contribution is 2.22. The summed E-state index contributed by atoms with van der Waals surface area (Å²) in [6.07, 6.45) is 0.874. The van der Waals surface area contributed by atoms with Gasteiger partial charge in [0.05, 0.1) is 13.2 Å². The molecule has 8 nitrogen and oxygen atoms in total. The number of rotatable bonds is 7. The lowest BCUT2D eigenvalue weighted by Crippen LogP contribution is -2.40. The van der Waals surface area contributed by atoms with Crippen LogP contribution in [0.5, 0.6) is 0 Å². The van der Waals surface area contributed by atoms with Crippen molar-refractivity contribution in [3.05, 3.63) is 20.8 Å². The fourth-order valence-electron chi connectivity index (χ4n) is 3.94. The minimum absolute atomic E-state index is 0.232. The van der Waals surface area contributed by atoms with E-state index in [1.165, 1.54) is 21.2 Å². The van der Waals surface area contributed by atoms with Gasteiger partial charge in [0.25, 0.3) is 5.56 Å². The zero-order valence-corrected chi connectivity index (χ0v) is 18.8. The number of aromatic nitrogens is 4. The lowest BCUT2D eigenvalue weighted by atomic mass is 10.4. The van der Waals surface area contributed by atoms with Gasteiger partial charge in [-0.3, -0.25) is 13.9 Å². The Kier molecular flexibility index (Phi) is 6.14. The summed E-state index contributed by atoms with van der Waals surface area (Å²) >= 11 is 0. The van der Waals surface area contributed by atoms with Gasteiger partial charge < -0.3 is 14.2 Å². The second-order valence-corrected chi connectivity index (χ2v) is 13.7. The number of ether oxygens (including phenoxy) is 1. The van der Waals surface area contributed by atoms with Crippen LogP contribution in [-0.4, -0.2) is 53.1 Å². The molecule has 0 spiro atoms. The number of anilines is 1. The monoisotopic (exact) mass is 407 g/mol. The molecular weight excluding hydrogens is 374 g/mol. The number of fused-ring (bicyclic) bond motifs is 1. The lowest BCUT2D eigenvalue weighted by molar-refractivity contribution is 0.122. The quantitative estimate of drug-likeness (QED) is 0.654. The van der Waals surface area contributed by atoms with Crippen LogP contribution in [0.25, 0.3) is 11.2 Å². The molecule has 2 aromatic heterocycles. The SMILES string of the molecule is CC[Si](C)(CC)CCCn1c(=O)c2c(nc(N3CCOCC3)n2C)n(C)c1=O. The van der Waals surface area contributed by atoms with Gasteiger partial charge in [0.2, 0.25) is 5.95 Å². The topological polar surface area (TPSA) is 74.3 Å². The highest BCUT2D eigenvalue weighted by atomic mass is 28.3. The zero-order chi connectivity index (χ0) is 20.5. The van der Waals surface area contributed by atoms with Crippen molar-refractivity contribution in [1.82, 2.24) is 18.7 Å². The molecule has 9 heteroatoms. The zero-order valence-electron chi connectivity index (χ0n) is 17.8. The Labute approximate surface area is 166 Å². The van der Waals surface area contributed by atoms with Crippen molar-refractivity contribution in [2.45, 2.75) is 51.5 Å². The first-order chi connectivity index (χ1) is 13.3. The summed E-state index contributed by atoms with van der Waals surface area (Å²) in [6, 6.07) is 3.61. The molecule has 3 heterocycles. The molecule has 156 valence electrons. The molecule has 2 aromatic rings. The van der Waals surface area contributed by atoms with Crippen LogP contribution in [0.3, 0.4) is 0 Å². The van der Waals surface area contributed by atoms with Crippen molar-refractivity contribution in [3.63, 3.8) is 0 Å². The van der Waals surface area contributed by atoms with Gasteiger partial charge in [-0.05, 0) is 6.42 Å². The Morgan fingerprint density at radius 1 is 1.07 bits per heavy atom. The molecule has 0 unspecified atom stereocenters. The summed E-state index contributed by atoms with van der Waals surface area (Å²) in [5, 5.41) is 0. The van der Waals surface area contributed by atoms with Crippen LogP contribution >= 0.6 is 0 Å². The molecule has 0 radical (unpaired) electrons. The van der Waals surface area contributed by atoms with Crippen LogP contribution in [-0.2, 0) is 25.4 Å². The van der Waals surface area contributed by atoms with Gasteiger partial charge in [-0.25, -0.2) is 4.79 Å². The molecule has 0 amide bonds. The number of imidazole rings is 1. The first-order valence-corrected chi connectivity index (χ1v) is 13.4. The molecule has 0 aliphatic carbocycles. The molecule has 0 atom stereocenters. The van der Waals surface area contributed by atoms with E-state index in [-0.39, 0.29) is 11.2 Å². The largest absolute Gasteiger partial charge is 0.378 e. The van der Waals surface area contributed by atoms with E-state index in [0.29, 0.717) is 30.9 Å². The minimum atomic E-state index is -1.24. The molecule has 0 saturated carbocycles. The maximum atomic E-state index is 13.2. The highest BCUT2D eigenvalue weighted by molar-refractivity contribution is 6.78. The average molecular weight is 408 g/mol. The molecule has 0 aromatic carbocycles. The molecule has 28 heavy (non-hydrogen) atoms. The first-order valence-electron chi connectivity index (χ1n) is 10.3. The summed E-state index contributed by atoms with van der Waals surface area (Å²) in [6.45, 7) is 10.2. The summed E-state index contributed by atoms with van der Waals surface area (Å²) < 4.78 is 10.2. The van der Waals surface area contributed by atoms with Gasteiger partial charge in [-0.2, -0.15) is 4.98 Å². The molecule has 1 aliphatic rings. The molecule has 1 saturated heterocycles. The summed E-state index contributed by atoms with van der Waals surface area (Å²) in [5.74, 6) is 0.722. The van der Waals surface area contributed by atoms with Gasteiger partial charge in [0.15, 0.2) is 11.2 Å². The first kappa shape index (κ1) is 20.9. The fourth-order valence-corrected chi connectivity index (χ4v) is 6.16. The van der Waals surface area contributed by atoms with Crippen LogP contribution in [0, 0.1) is 0 Å². The number of nitrogens with zero attached hydrogens (tertiary/aromatic N) is 5. The van der Waals surface area contributed by atoms with Gasteiger partial charge in [-0.1, -0.05) is 38.5 Å². The van der Waals surface area contributed by atoms with Crippen molar-refractivity contribution in [2.24, 2.45) is 14.1 Å². The Balaban J connectivity index is 1.97. The van der Waals surface area contributed by atoms with Crippen LogP contribution in [0.1, 0.15) is 20.3 Å². The smallest absolute Gasteiger partial charge is 0.332 e. The fraction of sp³-hybridized carbons (Fsp3) is 0.737. The van der Waals surface area contributed by atoms with Gasteiger partial charge in [-0.15, -0.1) is 0 Å². The van der Waals surface area contributed by atoms with Crippen molar-refractivity contribution >= 4 is 25.2 Å². The summed E-state index contributed by atoms with van der Waals surface area (Å²) in [7, 11) is 2.31. The Hall–Kier alpha value is -1.87. The van der Waals surface area contributed by atoms with Crippen molar-refractivity contribution < 1.29 is 4.74 Å². The third-order valence-corrected chi connectivity index (χ3v) is 11.5. The van der Waals surface area contributed by atoms with Crippen LogP contribution in [0.4, 0.5) is 5.95 Å². The second kappa shape index (κ2) is 8.24. The Morgan fingerprint density at radius 2 is 1.71 bits per heavy atom. The van der Waals surface area contributed by atoms with E-state index < -0.39 is 8.07 Å². The summed E-state index contributed by atoms with van der Waals surface area (Å²) in [4.78, 5) is 32.8. The van der Waals surface area contributed by atoms with Crippen molar-refractivity contribution in [2.75, 3.05) is 31.2 Å². The van der Waals surface area contributed by atoms with E-state index >= 15 is 0 Å². The average Bonchev–Trinajstić information content (AvgIpc) is 3.07. The Bertz CT molecular complexity index is 951. The van der Waals surface area contributed by atoms with Crippen molar-refractivity contribution in [1.29, 1.82) is 0 Å². The van der Waals surface area contributed by atoms with Gasteiger partial charge in [0, 0.05) is 41.8 Å². The van der Waals surface area contributed by atoms with E-state index in [9.17, 15) is 9.59 Å². The minimum Gasteiger partial charge on any atom is -0.378 e. The standard InChI is InChI=1S/C19H33N5O3Si/c1-6-28(5,7-2)14-8-9-24-17(25)15-16(22(4)19(24)26)20-18(21(15)3)23-10-12-27-13-11-23/h6-14H2,1-5H3. The van der Waals surface area contributed by atoms with Crippen LogP contribution in [0.2, 0.25) is 24.7 Å². The molecule has 3 rings (SSSR count). The van der Waals surface area contributed by atoms with Crippen molar-refractivity contribution in [3.8, 4) is 0 Å². The molecule has 1 fully saturated rings. The Morgan fingerprint density at radius 3 is 2.32 bits per heavy atom. The third kappa shape index (κ3) is 3.69. The van der Waals surface area contributed by atoms with E-state index in [2.05, 4.69) is 30.3 Å². The van der Waals surface area contributed by atoms with E-state index in [1.54, 1.807) is 7.05 Å². The second-order valence-electron chi connectivity index (χ2n) is 8.16. The van der Waals surface area contributed by atoms with Gasteiger partial charge in [0.1, 0.15) is 0 Å². The highest BCUT2D eigenvalue weighted by Gasteiger charge is 2.24. The van der Waals surface area contributed by atoms with E-state index in [1.807, 2.05) is 11.6 Å². The predicted molar refractivity (Wildman–Crippen MR) is 115 cm³/mol. The normalized spacial score (nSPS) is 15.5. The maximum Gasteiger partial charge on any atom is 0.332 e. The number of aryl methyl sites for hydroxylation is 2. The molecule has 0 bridgehead atoms. The van der Waals surface area contributed by atoms with E-state index in [4.69, 9.17) is 4.74 Å². The molecular formula is C19H33N5O3Si. The van der Waals surface area contributed by atoms with Gasteiger partial charge >= 0.3 is 5.69 Å². The number of hydrogen-bond acceptors (Lipinski definition) is 5. The number of morpholine rings is 1. The summed E-state index contributed by atoms with van der Waals surface area (Å²) in [5.41, 5.74) is 0.440. The maximum absolute atomic E-state index is 13.2. The predicted octanol–water partition coefficient (Wildman–Crippen LogP) is 1.78. The van der Waals surface area contributed by atoms with E-state index in [0.717, 1.165) is 31.5 Å².